The Morgan fingerprint density at radius 1 is 0.784 bits per heavy atom. The first-order valence-corrected chi connectivity index (χ1v) is 13.4. The van der Waals surface area contributed by atoms with Crippen molar-refractivity contribution < 1.29 is 4.57 Å². The highest BCUT2D eigenvalue weighted by Crippen LogP contribution is 2.29. The van der Waals surface area contributed by atoms with Gasteiger partial charge >= 0.3 is 0 Å². The molecule has 0 unspecified atom stereocenters. The quantitative estimate of drug-likeness (QED) is 0.183. The Morgan fingerprint density at radius 2 is 1.54 bits per heavy atom. The van der Waals surface area contributed by atoms with Crippen molar-refractivity contribution in [1.82, 2.24) is 4.98 Å². The second kappa shape index (κ2) is 13.9. The van der Waals surface area contributed by atoms with Crippen molar-refractivity contribution in [2.45, 2.75) is 46.1 Å². The smallest absolute Gasteiger partial charge is 0.213 e. The number of aromatic nitrogens is 2. The number of rotatable bonds is 4. The largest absolute Gasteiger partial charge is 0.256 e. The monoisotopic (exact) mass is 485 g/mol. The Balaban J connectivity index is 0.000000152. The zero-order valence-corrected chi connectivity index (χ0v) is 22.1. The van der Waals surface area contributed by atoms with Crippen LogP contribution in [0.2, 0.25) is 0 Å². The van der Waals surface area contributed by atoms with Gasteiger partial charge in [-0.25, -0.2) is 0 Å². The maximum absolute atomic E-state index is 4.25. The van der Waals surface area contributed by atoms with Crippen LogP contribution in [0, 0.1) is 0 Å². The summed E-state index contributed by atoms with van der Waals surface area (Å²) in [7, 11) is 0. The minimum Gasteiger partial charge on any atom is -0.256 e. The number of pyridine rings is 2. The number of fused-ring (bicyclic) bond motifs is 3. The van der Waals surface area contributed by atoms with Crippen molar-refractivity contribution in [3.8, 4) is 22.5 Å². The van der Waals surface area contributed by atoms with Gasteiger partial charge in [0.1, 0.15) is 0 Å². The van der Waals surface area contributed by atoms with Crippen molar-refractivity contribution >= 4 is 5.57 Å². The van der Waals surface area contributed by atoms with Gasteiger partial charge in [0.2, 0.25) is 5.69 Å². The maximum atomic E-state index is 4.25. The number of benzene rings is 2. The summed E-state index contributed by atoms with van der Waals surface area (Å²) in [5.74, 6) is 0. The maximum Gasteiger partial charge on any atom is 0.213 e. The molecule has 1 aliphatic carbocycles. The lowest BCUT2D eigenvalue weighted by atomic mass is 9.98. The highest BCUT2D eigenvalue weighted by atomic mass is 15.0. The van der Waals surface area contributed by atoms with Crippen molar-refractivity contribution in [1.29, 1.82) is 0 Å². The van der Waals surface area contributed by atoms with Crippen LogP contribution >= 0.6 is 0 Å². The van der Waals surface area contributed by atoms with Gasteiger partial charge in [-0.05, 0) is 55.0 Å². The highest BCUT2D eigenvalue weighted by molar-refractivity contribution is 5.77. The molecule has 0 fully saturated rings. The first-order chi connectivity index (χ1) is 18.3. The number of hydrogen-bond acceptors (Lipinski definition) is 1. The third-order valence-electron chi connectivity index (χ3n) is 6.37. The predicted molar refractivity (Wildman–Crippen MR) is 157 cm³/mol. The van der Waals surface area contributed by atoms with Gasteiger partial charge in [0.05, 0.1) is 11.3 Å². The van der Waals surface area contributed by atoms with E-state index in [-0.39, 0.29) is 0 Å². The molecule has 0 saturated heterocycles. The van der Waals surface area contributed by atoms with Crippen LogP contribution in [0.25, 0.3) is 28.1 Å². The summed E-state index contributed by atoms with van der Waals surface area (Å²) < 4.78 is 2.33. The second-order valence-corrected chi connectivity index (χ2v) is 9.09. The molecule has 3 heterocycles. The molecule has 0 spiro atoms. The Morgan fingerprint density at radius 3 is 2.24 bits per heavy atom. The van der Waals surface area contributed by atoms with Crippen LogP contribution in [0.15, 0.2) is 128 Å². The molecule has 186 valence electrons. The fourth-order valence-electron chi connectivity index (χ4n) is 4.47. The van der Waals surface area contributed by atoms with E-state index < -0.39 is 0 Å². The Bertz CT molecular complexity index is 1310. The zero-order chi connectivity index (χ0) is 25.7. The molecular weight excluding hydrogens is 448 g/mol. The predicted octanol–water partition coefficient (Wildman–Crippen LogP) is 8.85. The molecule has 2 heteroatoms. The number of hydrogen-bond donors (Lipinski definition) is 0. The molecule has 0 atom stereocenters. The molecule has 0 saturated carbocycles. The first-order valence-electron chi connectivity index (χ1n) is 13.4. The van der Waals surface area contributed by atoms with Crippen molar-refractivity contribution in [2.75, 3.05) is 0 Å². The molecule has 2 nitrogen and oxygen atoms in total. The van der Waals surface area contributed by atoms with Crippen molar-refractivity contribution in [3.63, 3.8) is 0 Å². The topological polar surface area (TPSA) is 16.8 Å². The van der Waals surface area contributed by atoms with Crippen LogP contribution in [0.3, 0.4) is 0 Å². The first kappa shape index (κ1) is 26.0. The van der Waals surface area contributed by atoms with Crippen molar-refractivity contribution in [2.24, 2.45) is 0 Å². The van der Waals surface area contributed by atoms with Crippen LogP contribution in [-0.4, -0.2) is 4.98 Å². The summed E-state index contributed by atoms with van der Waals surface area (Å²) in [6.45, 7) is 5.29. The van der Waals surface area contributed by atoms with E-state index in [0.717, 1.165) is 24.2 Å². The molecule has 2 aromatic carbocycles. The fraction of sp³-hybridized carbons (Fsp3) is 0.200. The van der Waals surface area contributed by atoms with Crippen molar-refractivity contribution in [3.05, 3.63) is 139 Å². The van der Waals surface area contributed by atoms with Gasteiger partial charge in [-0.3, -0.25) is 4.98 Å². The summed E-state index contributed by atoms with van der Waals surface area (Å²) >= 11 is 0. The average molecular weight is 486 g/mol. The minimum absolute atomic E-state index is 1.00. The van der Waals surface area contributed by atoms with E-state index in [1.807, 2.05) is 42.6 Å². The Kier molecular flexibility index (Phi) is 9.77. The lowest BCUT2D eigenvalue weighted by Gasteiger charge is -2.06. The molecule has 4 aromatic rings. The van der Waals surface area contributed by atoms with Gasteiger partial charge in [0.25, 0.3) is 0 Å². The van der Waals surface area contributed by atoms with E-state index in [1.165, 1.54) is 47.2 Å². The third-order valence-corrected chi connectivity index (χ3v) is 6.37. The summed E-state index contributed by atoms with van der Waals surface area (Å²) in [6.07, 6.45) is 19.9. The van der Waals surface area contributed by atoms with Gasteiger partial charge < -0.3 is 0 Å². The number of allylic oxidation sites excluding steroid dienone is 6. The van der Waals surface area contributed by atoms with E-state index in [1.54, 1.807) is 0 Å². The molecule has 37 heavy (non-hydrogen) atoms. The Hall–Kier alpha value is -4.04. The molecule has 0 bridgehead atoms. The molecule has 1 aliphatic heterocycles. The zero-order valence-electron chi connectivity index (χ0n) is 22.1. The standard InChI is InChI=1S/C18H16N.C11H9N.C6H12/c1-2-6-14(7-3-1)15-10-11-19-13-16-8-4-5-9-17(16)18(19)12-15;1-2-6-10(7-3-1)11-8-4-5-9-12-11;1-3-5-6-4-2/h2,4-12H,1,3,13H2;1-9H;5-6H,3-4H2,1-2H3/q+1;;. The molecule has 2 aliphatic rings. The van der Waals surface area contributed by atoms with Crippen LogP contribution in [0.4, 0.5) is 0 Å². The fourth-order valence-corrected chi connectivity index (χ4v) is 4.47. The van der Waals surface area contributed by atoms with E-state index in [2.05, 4.69) is 109 Å². The normalized spacial score (nSPS) is 13.0. The van der Waals surface area contributed by atoms with Gasteiger partial charge in [-0.1, -0.05) is 98.8 Å². The minimum atomic E-state index is 1.00. The van der Waals surface area contributed by atoms with Crippen LogP contribution < -0.4 is 4.57 Å². The lowest BCUT2D eigenvalue weighted by Crippen LogP contribution is -2.31. The molecule has 6 rings (SSSR count). The van der Waals surface area contributed by atoms with Gasteiger partial charge in [-0.2, -0.15) is 4.57 Å². The van der Waals surface area contributed by atoms with Gasteiger partial charge in [0.15, 0.2) is 12.7 Å². The molecule has 0 N–H and O–H groups in total. The molecule has 0 amide bonds. The average Bonchev–Trinajstić information content (AvgIpc) is 3.36. The third kappa shape index (κ3) is 7.24. The van der Waals surface area contributed by atoms with Crippen LogP contribution in [0.5, 0.6) is 0 Å². The SMILES string of the molecule is C1=CC(c2cc[n+]3c(c2)-c2ccccc2C3)=CCC1.CCC=CCC.c1ccc(-c2ccccn2)cc1. The number of nitrogens with zero attached hydrogens (tertiary/aromatic N) is 2. The summed E-state index contributed by atoms with van der Waals surface area (Å²) in [6, 6.07) is 29.3. The molecule has 2 aromatic heterocycles. The van der Waals surface area contributed by atoms with Crippen LogP contribution in [0.1, 0.15) is 50.7 Å². The van der Waals surface area contributed by atoms with Gasteiger partial charge in [0, 0.05) is 29.5 Å². The van der Waals surface area contributed by atoms with E-state index in [9.17, 15) is 0 Å². The van der Waals surface area contributed by atoms with E-state index >= 15 is 0 Å². The lowest BCUT2D eigenvalue weighted by molar-refractivity contribution is -0.672. The Labute approximate surface area is 222 Å². The van der Waals surface area contributed by atoms with Gasteiger partial charge in [-0.15, -0.1) is 0 Å². The molecule has 0 radical (unpaired) electrons. The van der Waals surface area contributed by atoms with E-state index in [4.69, 9.17) is 0 Å². The second-order valence-electron chi connectivity index (χ2n) is 9.09. The molecular formula is C35H37N2+. The summed E-state index contributed by atoms with van der Waals surface area (Å²) in [4.78, 5) is 4.25. The summed E-state index contributed by atoms with van der Waals surface area (Å²) in [5.41, 5.74) is 9.03. The van der Waals surface area contributed by atoms with E-state index in [0.29, 0.717) is 0 Å². The van der Waals surface area contributed by atoms with Crippen LogP contribution in [-0.2, 0) is 6.54 Å². The highest BCUT2D eigenvalue weighted by Gasteiger charge is 2.25. The summed E-state index contributed by atoms with van der Waals surface area (Å²) in [5, 5.41) is 0.